The van der Waals surface area contributed by atoms with Crippen LogP contribution in [0.4, 0.5) is 0 Å². The average Bonchev–Trinajstić information content (AvgIpc) is 3.15. The van der Waals surface area contributed by atoms with Crippen molar-refractivity contribution in [3.05, 3.63) is 47.5 Å². The number of ether oxygens (including phenoxy) is 1. The Bertz CT molecular complexity index is 666. The molecule has 2 rings (SSSR count). The molecule has 1 aromatic heterocycles. The fraction of sp³-hybridized carbons (Fsp3) is 0.353. The standard InChI is InChI=1S/C15H20BrN3O2.C2H2O4/c16-13-2-4-15(5-3-13)21-11-14(20)10-17-6-1-8-19-9-7-18-12-19;3-1(4)2(5)6/h2-5,7,9,12,14,17,20H,1,6,8,10-11H2;(H,3,4)(H,5,6). The van der Waals surface area contributed by atoms with Crippen LogP contribution in [0.3, 0.4) is 0 Å². The van der Waals surface area contributed by atoms with Gasteiger partial charge in [0.05, 0.1) is 6.33 Å². The van der Waals surface area contributed by atoms with Crippen molar-refractivity contribution < 1.29 is 29.6 Å². The van der Waals surface area contributed by atoms with Crippen LogP contribution >= 0.6 is 15.9 Å². The highest BCUT2D eigenvalue weighted by molar-refractivity contribution is 9.10. The van der Waals surface area contributed by atoms with Gasteiger partial charge in [0.2, 0.25) is 0 Å². The van der Waals surface area contributed by atoms with Crippen LogP contribution in [0.15, 0.2) is 47.5 Å². The zero-order valence-corrected chi connectivity index (χ0v) is 16.1. The molecule has 4 N–H and O–H groups in total. The van der Waals surface area contributed by atoms with Gasteiger partial charge in [-0.15, -0.1) is 0 Å². The van der Waals surface area contributed by atoms with E-state index in [1.165, 1.54) is 0 Å². The third-order valence-corrected chi connectivity index (χ3v) is 3.68. The van der Waals surface area contributed by atoms with Crippen LogP contribution in [0.25, 0.3) is 0 Å². The lowest BCUT2D eigenvalue weighted by Crippen LogP contribution is -2.32. The molecule has 0 amide bonds. The molecule has 0 spiro atoms. The summed E-state index contributed by atoms with van der Waals surface area (Å²) in [6.45, 7) is 2.60. The molecule has 10 heteroatoms. The third kappa shape index (κ3) is 11.0. The van der Waals surface area contributed by atoms with Gasteiger partial charge in [-0.05, 0) is 37.2 Å². The quantitative estimate of drug-likeness (QED) is 0.335. The summed E-state index contributed by atoms with van der Waals surface area (Å²) < 4.78 is 8.56. The fourth-order valence-electron chi connectivity index (χ4n) is 1.86. The second kappa shape index (κ2) is 12.8. The number of aromatic nitrogens is 2. The molecule has 0 aliphatic carbocycles. The van der Waals surface area contributed by atoms with Gasteiger partial charge in [-0.1, -0.05) is 15.9 Å². The normalized spacial score (nSPS) is 11.2. The SMILES string of the molecule is O=C(O)C(=O)O.OC(CNCCCn1ccnc1)COc1ccc(Br)cc1. The van der Waals surface area contributed by atoms with Crippen molar-refractivity contribution >= 4 is 27.9 Å². The third-order valence-electron chi connectivity index (χ3n) is 3.15. The lowest BCUT2D eigenvalue weighted by atomic mass is 10.3. The average molecular weight is 444 g/mol. The maximum atomic E-state index is 9.84. The Labute approximate surface area is 164 Å². The molecule has 1 atom stereocenters. The largest absolute Gasteiger partial charge is 0.491 e. The van der Waals surface area contributed by atoms with Crippen molar-refractivity contribution in [1.82, 2.24) is 14.9 Å². The lowest BCUT2D eigenvalue weighted by Gasteiger charge is -2.13. The molecule has 0 saturated heterocycles. The number of aryl methyl sites for hydroxylation is 1. The highest BCUT2D eigenvalue weighted by Gasteiger charge is 2.05. The van der Waals surface area contributed by atoms with Crippen LogP contribution in [-0.4, -0.2) is 62.6 Å². The Hall–Kier alpha value is -2.43. The van der Waals surface area contributed by atoms with E-state index >= 15 is 0 Å². The maximum absolute atomic E-state index is 9.84. The van der Waals surface area contributed by atoms with Crippen LogP contribution in [0, 0.1) is 0 Å². The maximum Gasteiger partial charge on any atom is 0.414 e. The van der Waals surface area contributed by atoms with Crippen LogP contribution in [-0.2, 0) is 16.1 Å². The van der Waals surface area contributed by atoms with E-state index in [0.29, 0.717) is 6.54 Å². The van der Waals surface area contributed by atoms with Crippen LogP contribution in [0.2, 0.25) is 0 Å². The number of carbonyl (C=O) groups is 2. The molecular weight excluding hydrogens is 422 g/mol. The molecule has 0 radical (unpaired) electrons. The summed E-state index contributed by atoms with van der Waals surface area (Å²) in [4.78, 5) is 22.2. The number of nitrogens with zero attached hydrogens (tertiary/aromatic N) is 2. The topological polar surface area (TPSA) is 134 Å². The predicted octanol–water partition coefficient (Wildman–Crippen LogP) is 1.22. The highest BCUT2D eigenvalue weighted by Crippen LogP contribution is 2.16. The molecule has 1 heterocycles. The van der Waals surface area contributed by atoms with Crippen molar-refractivity contribution in [3.63, 3.8) is 0 Å². The number of aliphatic hydroxyl groups is 1. The monoisotopic (exact) mass is 443 g/mol. The second-order valence-electron chi connectivity index (χ2n) is 5.39. The fourth-order valence-corrected chi connectivity index (χ4v) is 2.12. The molecule has 1 unspecified atom stereocenters. The first-order valence-corrected chi connectivity index (χ1v) is 8.87. The van der Waals surface area contributed by atoms with E-state index in [1.807, 2.05) is 35.0 Å². The van der Waals surface area contributed by atoms with E-state index in [-0.39, 0.29) is 6.61 Å². The van der Waals surface area contributed by atoms with Gasteiger partial charge in [-0.2, -0.15) is 0 Å². The number of imidazole rings is 1. The van der Waals surface area contributed by atoms with Gasteiger partial charge < -0.3 is 29.9 Å². The molecule has 148 valence electrons. The summed E-state index contributed by atoms with van der Waals surface area (Å²) in [5.74, 6) is -2.89. The highest BCUT2D eigenvalue weighted by atomic mass is 79.9. The second-order valence-corrected chi connectivity index (χ2v) is 6.30. The van der Waals surface area contributed by atoms with E-state index in [1.54, 1.807) is 12.5 Å². The summed E-state index contributed by atoms with van der Waals surface area (Å²) >= 11 is 3.37. The molecule has 0 aliphatic rings. The first kappa shape index (κ1) is 22.6. The number of benzene rings is 1. The van der Waals surface area contributed by atoms with E-state index < -0.39 is 18.0 Å². The van der Waals surface area contributed by atoms with Gasteiger partial charge in [0, 0.05) is 30.0 Å². The first-order chi connectivity index (χ1) is 12.9. The Morgan fingerprint density at radius 2 is 1.89 bits per heavy atom. The molecule has 0 bridgehead atoms. The van der Waals surface area contributed by atoms with E-state index in [0.717, 1.165) is 29.7 Å². The molecule has 0 fully saturated rings. The molecular formula is C17H22BrN3O6. The Morgan fingerprint density at radius 1 is 1.22 bits per heavy atom. The van der Waals surface area contributed by atoms with Crippen molar-refractivity contribution in [1.29, 1.82) is 0 Å². The van der Waals surface area contributed by atoms with Gasteiger partial charge >= 0.3 is 11.9 Å². The number of carboxylic acids is 2. The Balaban J connectivity index is 0.000000527. The Kier molecular flexibility index (Phi) is 10.8. The number of aliphatic carboxylic acids is 2. The van der Waals surface area contributed by atoms with Crippen molar-refractivity contribution in [2.24, 2.45) is 0 Å². The van der Waals surface area contributed by atoms with Gasteiger partial charge in [-0.3, -0.25) is 0 Å². The number of hydrogen-bond acceptors (Lipinski definition) is 6. The minimum Gasteiger partial charge on any atom is -0.491 e. The lowest BCUT2D eigenvalue weighted by molar-refractivity contribution is -0.159. The summed E-state index contributed by atoms with van der Waals surface area (Å²) in [5.41, 5.74) is 0. The summed E-state index contributed by atoms with van der Waals surface area (Å²) in [5, 5.41) is 27.8. The zero-order chi connectivity index (χ0) is 20.1. The molecule has 9 nitrogen and oxygen atoms in total. The zero-order valence-electron chi connectivity index (χ0n) is 14.5. The van der Waals surface area contributed by atoms with Crippen LogP contribution in [0.5, 0.6) is 5.75 Å². The minimum atomic E-state index is -1.82. The molecule has 2 aromatic rings. The van der Waals surface area contributed by atoms with E-state index in [9.17, 15) is 5.11 Å². The van der Waals surface area contributed by atoms with Crippen LogP contribution < -0.4 is 10.1 Å². The predicted molar refractivity (Wildman–Crippen MR) is 101 cm³/mol. The van der Waals surface area contributed by atoms with Crippen molar-refractivity contribution in [3.8, 4) is 5.75 Å². The number of carboxylic acid groups (broad SMARTS) is 2. The van der Waals surface area contributed by atoms with Crippen LogP contribution in [0.1, 0.15) is 6.42 Å². The summed E-state index contributed by atoms with van der Waals surface area (Å²) in [6, 6.07) is 7.57. The van der Waals surface area contributed by atoms with Crippen molar-refractivity contribution in [2.45, 2.75) is 19.1 Å². The Morgan fingerprint density at radius 3 is 2.44 bits per heavy atom. The smallest absolute Gasteiger partial charge is 0.414 e. The minimum absolute atomic E-state index is 0.288. The summed E-state index contributed by atoms with van der Waals surface area (Å²) in [7, 11) is 0. The van der Waals surface area contributed by atoms with Crippen molar-refractivity contribution in [2.75, 3.05) is 19.7 Å². The number of rotatable bonds is 9. The number of aliphatic hydroxyl groups excluding tert-OH is 1. The molecule has 1 aromatic carbocycles. The van der Waals surface area contributed by atoms with Gasteiger partial charge in [0.1, 0.15) is 18.5 Å². The van der Waals surface area contributed by atoms with E-state index in [4.69, 9.17) is 24.5 Å². The van der Waals surface area contributed by atoms with E-state index in [2.05, 4.69) is 26.2 Å². The summed E-state index contributed by atoms with van der Waals surface area (Å²) in [6.07, 6.45) is 6.01. The number of halogens is 1. The van der Waals surface area contributed by atoms with Gasteiger partial charge in [0.25, 0.3) is 0 Å². The number of hydrogen-bond donors (Lipinski definition) is 4. The van der Waals surface area contributed by atoms with Gasteiger partial charge in [0.15, 0.2) is 0 Å². The van der Waals surface area contributed by atoms with Gasteiger partial charge in [-0.25, -0.2) is 14.6 Å². The molecule has 27 heavy (non-hydrogen) atoms. The molecule has 0 aliphatic heterocycles. The molecule has 0 saturated carbocycles. The number of nitrogens with one attached hydrogen (secondary N) is 1. The first-order valence-electron chi connectivity index (χ1n) is 8.07.